The molecule has 24 heavy (non-hydrogen) atoms. The minimum atomic E-state index is -0.0441. The Labute approximate surface area is 147 Å². The van der Waals surface area contributed by atoms with Gasteiger partial charge < -0.3 is 0 Å². The summed E-state index contributed by atoms with van der Waals surface area (Å²) < 4.78 is 0. The molecule has 1 aliphatic rings. The first kappa shape index (κ1) is 16.9. The number of carbonyl (C=O) groups is 2. The maximum Gasteiger partial charge on any atom is 0.163 e. The quantitative estimate of drug-likeness (QED) is 0.677. The van der Waals surface area contributed by atoms with Gasteiger partial charge in [-0.1, -0.05) is 48.4 Å². The Balaban J connectivity index is 1.85. The van der Waals surface area contributed by atoms with Crippen molar-refractivity contribution in [2.75, 3.05) is 0 Å². The van der Waals surface area contributed by atoms with Crippen molar-refractivity contribution in [3.63, 3.8) is 0 Å². The molecular weight excluding hydrogens is 320 g/mol. The molecule has 0 aliphatic heterocycles. The van der Waals surface area contributed by atoms with Gasteiger partial charge in [-0.25, -0.2) is 0 Å². The summed E-state index contributed by atoms with van der Waals surface area (Å²) >= 11 is 5.90. The van der Waals surface area contributed by atoms with E-state index >= 15 is 0 Å². The average molecular weight is 341 g/mol. The van der Waals surface area contributed by atoms with Crippen LogP contribution < -0.4 is 0 Å². The summed E-state index contributed by atoms with van der Waals surface area (Å²) in [6.07, 6.45) is 3.92. The van der Waals surface area contributed by atoms with Crippen LogP contribution in [-0.2, 0) is 4.79 Å². The van der Waals surface area contributed by atoms with E-state index in [-0.39, 0.29) is 17.6 Å². The second kappa shape index (κ2) is 7.76. The third-order valence-corrected chi connectivity index (χ3v) is 5.14. The lowest BCUT2D eigenvalue weighted by atomic mass is 9.73. The van der Waals surface area contributed by atoms with Crippen molar-refractivity contribution in [2.24, 2.45) is 5.92 Å². The van der Waals surface area contributed by atoms with Gasteiger partial charge in [-0.3, -0.25) is 9.59 Å². The highest BCUT2D eigenvalue weighted by atomic mass is 35.5. The highest BCUT2D eigenvalue weighted by Gasteiger charge is 2.32. The van der Waals surface area contributed by atoms with Crippen LogP contribution in [0.4, 0.5) is 0 Å². The van der Waals surface area contributed by atoms with Crippen LogP contribution in [0.25, 0.3) is 0 Å². The van der Waals surface area contributed by atoms with Gasteiger partial charge in [0.25, 0.3) is 0 Å². The molecule has 0 amide bonds. The van der Waals surface area contributed by atoms with E-state index in [2.05, 4.69) is 0 Å². The largest absolute Gasteiger partial charge is 0.299 e. The topological polar surface area (TPSA) is 34.1 Å². The summed E-state index contributed by atoms with van der Waals surface area (Å²) in [5.74, 6) is 0.289. The summed E-state index contributed by atoms with van der Waals surface area (Å²) in [5, 5.41) is 0.619. The van der Waals surface area contributed by atoms with Gasteiger partial charge in [0.05, 0.1) is 0 Å². The normalized spacial score (nSPS) is 19.0. The molecule has 0 saturated heterocycles. The molecule has 1 fully saturated rings. The van der Waals surface area contributed by atoms with E-state index in [0.29, 0.717) is 29.2 Å². The van der Waals surface area contributed by atoms with Crippen molar-refractivity contribution >= 4 is 23.2 Å². The van der Waals surface area contributed by atoms with E-state index in [1.54, 1.807) is 24.3 Å². The van der Waals surface area contributed by atoms with Crippen molar-refractivity contribution in [1.29, 1.82) is 0 Å². The van der Waals surface area contributed by atoms with Gasteiger partial charge in [0.2, 0.25) is 0 Å². The van der Waals surface area contributed by atoms with Crippen molar-refractivity contribution in [3.05, 3.63) is 70.7 Å². The lowest BCUT2D eigenvalue weighted by Gasteiger charge is -2.29. The van der Waals surface area contributed by atoms with Gasteiger partial charge in [-0.05, 0) is 42.7 Å². The molecule has 0 unspecified atom stereocenters. The van der Waals surface area contributed by atoms with Crippen molar-refractivity contribution in [3.8, 4) is 0 Å². The van der Waals surface area contributed by atoms with Crippen LogP contribution in [-0.4, -0.2) is 11.6 Å². The van der Waals surface area contributed by atoms with Gasteiger partial charge in [-0.2, -0.15) is 0 Å². The third-order valence-electron chi connectivity index (χ3n) is 4.89. The van der Waals surface area contributed by atoms with Crippen LogP contribution in [0.2, 0.25) is 5.02 Å². The number of ketones is 2. The van der Waals surface area contributed by atoms with Gasteiger partial charge >= 0.3 is 0 Å². The van der Waals surface area contributed by atoms with Crippen LogP contribution in [0.15, 0.2) is 54.6 Å². The molecule has 0 aromatic heterocycles. The first-order valence-electron chi connectivity index (χ1n) is 8.51. The molecule has 0 spiro atoms. The fourth-order valence-corrected chi connectivity index (χ4v) is 3.71. The molecule has 3 rings (SSSR count). The number of rotatable bonds is 5. The second-order valence-corrected chi connectivity index (χ2v) is 6.91. The van der Waals surface area contributed by atoms with Crippen LogP contribution in [0.1, 0.15) is 53.9 Å². The molecule has 2 nitrogen and oxygen atoms in total. The van der Waals surface area contributed by atoms with Gasteiger partial charge in [-0.15, -0.1) is 0 Å². The molecule has 1 aliphatic carbocycles. The Bertz CT molecular complexity index is 706. The Morgan fingerprint density at radius 1 is 1.04 bits per heavy atom. The van der Waals surface area contributed by atoms with Crippen molar-refractivity contribution in [2.45, 2.75) is 38.0 Å². The Morgan fingerprint density at radius 3 is 2.42 bits per heavy atom. The summed E-state index contributed by atoms with van der Waals surface area (Å²) in [5.41, 5.74) is 1.74. The van der Waals surface area contributed by atoms with E-state index in [0.717, 1.165) is 24.8 Å². The predicted molar refractivity (Wildman–Crippen MR) is 96.5 cm³/mol. The minimum absolute atomic E-state index is 0.0396. The summed E-state index contributed by atoms with van der Waals surface area (Å²) in [6, 6.07) is 17.0. The van der Waals surface area contributed by atoms with E-state index in [1.165, 1.54) is 0 Å². The van der Waals surface area contributed by atoms with Gasteiger partial charge in [0.15, 0.2) is 5.78 Å². The molecule has 0 radical (unpaired) electrons. The number of benzene rings is 2. The summed E-state index contributed by atoms with van der Waals surface area (Å²) in [4.78, 5) is 25.2. The number of carbonyl (C=O) groups excluding carboxylic acids is 2. The molecule has 0 N–H and O–H groups in total. The lowest BCUT2D eigenvalue weighted by molar-refractivity contribution is -0.125. The Kier molecular flexibility index (Phi) is 5.47. The first-order valence-corrected chi connectivity index (χ1v) is 8.89. The van der Waals surface area contributed by atoms with Crippen LogP contribution in [0.5, 0.6) is 0 Å². The molecule has 124 valence electrons. The van der Waals surface area contributed by atoms with E-state index in [1.807, 2.05) is 30.3 Å². The van der Waals surface area contributed by atoms with E-state index < -0.39 is 0 Å². The Hall–Kier alpha value is -1.93. The van der Waals surface area contributed by atoms with Gasteiger partial charge in [0, 0.05) is 35.3 Å². The molecular formula is C21H21ClO2. The number of hydrogen-bond acceptors (Lipinski definition) is 2. The SMILES string of the molecule is O=C(C[C@@H](c1ccccc1)[C@H]1CCCCC1=O)c1ccc(Cl)cc1. The monoisotopic (exact) mass is 340 g/mol. The fraction of sp³-hybridized carbons (Fsp3) is 0.333. The van der Waals surface area contributed by atoms with Crippen LogP contribution in [0, 0.1) is 5.92 Å². The number of Topliss-reactive ketones (excluding diaryl/α,β-unsaturated/α-hetero) is 2. The van der Waals surface area contributed by atoms with Gasteiger partial charge in [0.1, 0.15) is 5.78 Å². The fourth-order valence-electron chi connectivity index (χ4n) is 3.58. The zero-order valence-corrected chi connectivity index (χ0v) is 14.3. The lowest BCUT2D eigenvalue weighted by Crippen LogP contribution is -2.27. The number of halogens is 1. The molecule has 0 bridgehead atoms. The standard InChI is InChI=1S/C21H21ClO2/c22-17-12-10-16(11-13-17)21(24)14-19(15-6-2-1-3-7-15)18-8-4-5-9-20(18)23/h1-3,6-7,10-13,18-19H,4-5,8-9,14H2/t18-,19+/m1/s1. The third kappa shape index (κ3) is 3.93. The molecule has 3 heteroatoms. The van der Waals surface area contributed by atoms with E-state index in [4.69, 9.17) is 11.6 Å². The van der Waals surface area contributed by atoms with Crippen molar-refractivity contribution in [1.82, 2.24) is 0 Å². The maximum atomic E-state index is 12.7. The maximum absolute atomic E-state index is 12.7. The second-order valence-electron chi connectivity index (χ2n) is 6.47. The van der Waals surface area contributed by atoms with Crippen LogP contribution >= 0.6 is 11.6 Å². The predicted octanol–water partition coefficient (Wildman–Crippen LogP) is 5.46. The minimum Gasteiger partial charge on any atom is -0.299 e. The van der Waals surface area contributed by atoms with Crippen LogP contribution in [0.3, 0.4) is 0 Å². The molecule has 1 saturated carbocycles. The Morgan fingerprint density at radius 2 is 1.75 bits per heavy atom. The van der Waals surface area contributed by atoms with Crippen molar-refractivity contribution < 1.29 is 9.59 Å². The highest BCUT2D eigenvalue weighted by molar-refractivity contribution is 6.30. The zero-order valence-electron chi connectivity index (χ0n) is 13.6. The zero-order chi connectivity index (χ0) is 16.9. The molecule has 2 atom stereocenters. The average Bonchev–Trinajstić information content (AvgIpc) is 2.61. The smallest absolute Gasteiger partial charge is 0.163 e. The molecule has 0 heterocycles. The highest BCUT2D eigenvalue weighted by Crippen LogP contribution is 2.37. The molecule has 2 aromatic rings. The summed E-state index contributed by atoms with van der Waals surface area (Å²) in [7, 11) is 0. The first-order chi connectivity index (χ1) is 11.6. The summed E-state index contributed by atoms with van der Waals surface area (Å²) in [6.45, 7) is 0. The molecule has 2 aromatic carbocycles. The van der Waals surface area contributed by atoms with E-state index in [9.17, 15) is 9.59 Å². The number of hydrogen-bond donors (Lipinski definition) is 0.